The summed E-state index contributed by atoms with van der Waals surface area (Å²) < 4.78 is 18.0. The largest absolute Gasteiger partial charge is 0.487 e. The number of hydrogen-bond donors (Lipinski definition) is 0. The molecule has 3 heterocycles. The summed E-state index contributed by atoms with van der Waals surface area (Å²) >= 11 is 0. The van der Waals surface area contributed by atoms with Crippen molar-refractivity contribution in [3.8, 4) is 16.9 Å². The molecule has 4 nitrogen and oxygen atoms in total. The zero-order valence-corrected chi connectivity index (χ0v) is 15.6. The number of fused-ring (bicyclic) bond motifs is 6. The van der Waals surface area contributed by atoms with Crippen LogP contribution in [0.2, 0.25) is 0 Å². The Morgan fingerprint density at radius 1 is 1.04 bits per heavy atom. The zero-order valence-electron chi connectivity index (χ0n) is 15.6. The molecular weight excluding hydrogens is 340 g/mol. The van der Waals surface area contributed by atoms with Gasteiger partial charge in [-0.1, -0.05) is 30.3 Å². The molecule has 0 radical (unpaired) electrons. The summed E-state index contributed by atoms with van der Waals surface area (Å²) in [6.07, 6.45) is 3.40. The molecule has 4 aromatic rings. The van der Waals surface area contributed by atoms with Crippen LogP contribution in [0.5, 0.6) is 5.75 Å². The number of benzene rings is 2. The third kappa shape index (κ3) is 2.40. The predicted octanol–water partition coefficient (Wildman–Crippen LogP) is 5.62. The van der Waals surface area contributed by atoms with Crippen molar-refractivity contribution in [2.75, 3.05) is 0 Å². The van der Waals surface area contributed by atoms with Crippen LogP contribution in [0.25, 0.3) is 33.1 Å². The van der Waals surface area contributed by atoms with Crippen LogP contribution in [0, 0.1) is 6.92 Å². The van der Waals surface area contributed by atoms with E-state index in [1.54, 1.807) is 12.3 Å². The molecule has 0 saturated heterocycles. The molecule has 0 atom stereocenters. The van der Waals surface area contributed by atoms with E-state index in [-0.39, 0.29) is 11.2 Å². The van der Waals surface area contributed by atoms with E-state index < -0.39 is 0 Å². The molecule has 0 amide bonds. The SMILES string of the molecule is Cc1coc2c1c1c(c3oc(=O)cc(-c4ccccc4)c32)CCC(C)(C)O1. The van der Waals surface area contributed by atoms with Gasteiger partial charge in [0, 0.05) is 17.2 Å². The maximum Gasteiger partial charge on any atom is 0.336 e. The Balaban J connectivity index is 1.99. The summed E-state index contributed by atoms with van der Waals surface area (Å²) in [7, 11) is 0. The Hall–Kier alpha value is -3.01. The lowest BCUT2D eigenvalue weighted by Gasteiger charge is -2.33. The highest BCUT2D eigenvalue weighted by Crippen LogP contribution is 2.47. The van der Waals surface area contributed by atoms with Crippen LogP contribution in [0.4, 0.5) is 0 Å². The second-order valence-corrected chi connectivity index (χ2v) is 7.84. The zero-order chi connectivity index (χ0) is 18.8. The molecule has 27 heavy (non-hydrogen) atoms. The van der Waals surface area contributed by atoms with Gasteiger partial charge in [0.25, 0.3) is 0 Å². The second-order valence-electron chi connectivity index (χ2n) is 7.84. The lowest BCUT2D eigenvalue weighted by atomic mass is 9.89. The molecule has 2 aromatic heterocycles. The average molecular weight is 360 g/mol. The molecule has 0 saturated carbocycles. The summed E-state index contributed by atoms with van der Waals surface area (Å²) in [6, 6.07) is 11.4. The van der Waals surface area contributed by atoms with Gasteiger partial charge in [-0.3, -0.25) is 0 Å². The van der Waals surface area contributed by atoms with Gasteiger partial charge in [0.05, 0.1) is 17.0 Å². The van der Waals surface area contributed by atoms with Gasteiger partial charge < -0.3 is 13.6 Å². The van der Waals surface area contributed by atoms with Crippen molar-refractivity contribution < 1.29 is 13.6 Å². The topological polar surface area (TPSA) is 52.6 Å². The average Bonchev–Trinajstić information content (AvgIpc) is 3.03. The fraction of sp³-hybridized carbons (Fsp3) is 0.261. The van der Waals surface area contributed by atoms with E-state index in [4.69, 9.17) is 13.6 Å². The smallest absolute Gasteiger partial charge is 0.336 e. The van der Waals surface area contributed by atoms with Crippen LogP contribution >= 0.6 is 0 Å². The molecule has 0 aliphatic carbocycles. The Kier molecular flexibility index (Phi) is 3.29. The van der Waals surface area contributed by atoms with Gasteiger partial charge >= 0.3 is 5.63 Å². The molecule has 136 valence electrons. The van der Waals surface area contributed by atoms with Crippen molar-refractivity contribution in [2.24, 2.45) is 0 Å². The highest BCUT2D eigenvalue weighted by molar-refractivity contribution is 6.14. The van der Waals surface area contributed by atoms with Gasteiger partial charge in [-0.2, -0.15) is 0 Å². The van der Waals surface area contributed by atoms with Crippen molar-refractivity contribution in [1.29, 1.82) is 0 Å². The molecule has 0 unspecified atom stereocenters. The molecular formula is C23H20O4. The summed E-state index contributed by atoms with van der Waals surface area (Å²) in [5.74, 6) is 0.786. The maximum atomic E-state index is 12.4. The first-order chi connectivity index (χ1) is 12.9. The molecule has 4 heteroatoms. The van der Waals surface area contributed by atoms with Gasteiger partial charge in [-0.05, 0) is 44.7 Å². The number of furan rings is 1. The molecule has 5 rings (SSSR count). The molecule has 0 bridgehead atoms. The lowest BCUT2D eigenvalue weighted by molar-refractivity contribution is 0.0870. The second kappa shape index (κ2) is 5.49. The molecule has 0 spiro atoms. The normalized spacial score (nSPS) is 15.7. The Bertz CT molecular complexity index is 1240. The van der Waals surface area contributed by atoms with E-state index in [1.165, 1.54) is 0 Å². The molecule has 0 N–H and O–H groups in total. The number of rotatable bonds is 1. The summed E-state index contributed by atoms with van der Waals surface area (Å²) in [5.41, 5.74) is 4.42. The van der Waals surface area contributed by atoms with Crippen molar-refractivity contribution in [3.05, 3.63) is 64.2 Å². The first kappa shape index (κ1) is 16.2. The maximum absolute atomic E-state index is 12.4. The van der Waals surface area contributed by atoms with E-state index in [9.17, 15) is 4.79 Å². The number of hydrogen-bond acceptors (Lipinski definition) is 4. The molecule has 0 fully saturated rings. The number of ether oxygens (including phenoxy) is 1. The Labute approximate surface area is 156 Å². The minimum Gasteiger partial charge on any atom is -0.487 e. The van der Waals surface area contributed by atoms with Crippen LogP contribution in [-0.4, -0.2) is 5.60 Å². The Morgan fingerprint density at radius 2 is 1.81 bits per heavy atom. The van der Waals surface area contributed by atoms with E-state index in [0.29, 0.717) is 11.2 Å². The minimum absolute atomic E-state index is 0.269. The standard InChI is InChI=1S/C23H20O4/c1-13-12-25-22-18(13)21-15(9-10-23(2,3)27-21)20-19(22)16(11-17(24)26-20)14-7-5-4-6-8-14/h4-8,11-12H,9-10H2,1-3H3. The lowest BCUT2D eigenvalue weighted by Crippen LogP contribution is -2.32. The van der Waals surface area contributed by atoms with Crippen LogP contribution < -0.4 is 10.4 Å². The van der Waals surface area contributed by atoms with Crippen molar-refractivity contribution in [2.45, 2.75) is 39.2 Å². The van der Waals surface area contributed by atoms with E-state index in [1.807, 2.05) is 37.3 Å². The Morgan fingerprint density at radius 3 is 2.59 bits per heavy atom. The highest BCUT2D eigenvalue weighted by atomic mass is 16.5. The van der Waals surface area contributed by atoms with Crippen molar-refractivity contribution in [3.63, 3.8) is 0 Å². The van der Waals surface area contributed by atoms with Gasteiger partial charge in [-0.15, -0.1) is 0 Å². The van der Waals surface area contributed by atoms with Crippen molar-refractivity contribution in [1.82, 2.24) is 0 Å². The monoisotopic (exact) mass is 360 g/mol. The molecule has 1 aliphatic rings. The van der Waals surface area contributed by atoms with Gasteiger partial charge in [-0.25, -0.2) is 4.79 Å². The van der Waals surface area contributed by atoms with Crippen LogP contribution in [0.1, 0.15) is 31.4 Å². The minimum atomic E-state index is -0.365. The van der Waals surface area contributed by atoms with E-state index in [2.05, 4.69) is 13.8 Å². The first-order valence-corrected chi connectivity index (χ1v) is 9.19. The van der Waals surface area contributed by atoms with Crippen LogP contribution in [0.15, 0.2) is 56.3 Å². The van der Waals surface area contributed by atoms with Crippen LogP contribution in [0.3, 0.4) is 0 Å². The van der Waals surface area contributed by atoms with E-state index >= 15 is 0 Å². The summed E-state index contributed by atoms with van der Waals surface area (Å²) in [4.78, 5) is 12.4. The van der Waals surface area contributed by atoms with Crippen LogP contribution in [-0.2, 0) is 6.42 Å². The van der Waals surface area contributed by atoms with E-state index in [0.717, 1.165) is 51.6 Å². The summed E-state index contributed by atoms with van der Waals surface area (Å²) in [5, 5.41) is 1.81. The number of aryl methyl sites for hydroxylation is 2. The molecule has 2 aromatic carbocycles. The van der Waals surface area contributed by atoms with Gasteiger partial charge in [0.15, 0.2) is 0 Å². The van der Waals surface area contributed by atoms with Gasteiger partial charge in [0.1, 0.15) is 22.5 Å². The molecule has 1 aliphatic heterocycles. The first-order valence-electron chi connectivity index (χ1n) is 9.19. The predicted molar refractivity (Wildman–Crippen MR) is 105 cm³/mol. The highest BCUT2D eigenvalue weighted by Gasteiger charge is 2.33. The third-order valence-electron chi connectivity index (χ3n) is 5.38. The fourth-order valence-electron chi connectivity index (χ4n) is 4.03. The van der Waals surface area contributed by atoms with Gasteiger partial charge in [0.2, 0.25) is 0 Å². The quantitative estimate of drug-likeness (QED) is 0.414. The third-order valence-corrected chi connectivity index (χ3v) is 5.38. The fourth-order valence-corrected chi connectivity index (χ4v) is 4.03. The van der Waals surface area contributed by atoms with Crippen molar-refractivity contribution >= 4 is 21.9 Å². The summed E-state index contributed by atoms with van der Waals surface area (Å²) in [6.45, 7) is 6.18.